The number of nitriles is 1. The van der Waals surface area contributed by atoms with Gasteiger partial charge in [0.1, 0.15) is 5.40 Å². The minimum absolute atomic E-state index is 0.121. The second-order valence-electron chi connectivity index (χ2n) is 4.31. The van der Waals surface area contributed by atoms with Crippen LogP contribution in [0.15, 0.2) is 0 Å². The molecule has 0 radical (unpaired) electrons. The van der Waals surface area contributed by atoms with Crippen LogP contribution in [0.4, 0.5) is 0 Å². The minimum atomic E-state index is -2.50. The van der Waals surface area contributed by atoms with Crippen molar-refractivity contribution >= 4 is 20.6 Å². The molecule has 0 saturated carbocycles. The zero-order valence-corrected chi connectivity index (χ0v) is 14.4. The van der Waals surface area contributed by atoms with Gasteiger partial charge in [-0.3, -0.25) is 0 Å². The highest BCUT2D eigenvalue weighted by Gasteiger charge is 2.41. The standard InChI is InChI=1S/C13H27NO3SSi/c1-5-11-19(15-6-2,16-7-3)17-13(4)9-8-10-18-12-14/h13H,5-11H2,1-4H3. The van der Waals surface area contributed by atoms with Crippen LogP contribution in [0.2, 0.25) is 6.04 Å². The lowest BCUT2D eigenvalue weighted by Crippen LogP contribution is -2.48. The summed E-state index contributed by atoms with van der Waals surface area (Å²) in [4.78, 5) is 0. The van der Waals surface area contributed by atoms with Crippen molar-refractivity contribution in [2.45, 2.75) is 59.1 Å². The van der Waals surface area contributed by atoms with Gasteiger partial charge in [-0.2, -0.15) is 5.26 Å². The summed E-state index contributed by atoms with van der Waals surface area (Å²) in [6.07, 6.45) is 3.04. The third-order valence-corrected chi connectivity index (χ3v) is 6.54. The van der Waals surface area contributed by atoms with Gasteiger partial charge in [0, 0.05) is 31.1 Å². The maximum atomic E-state index is 8.48. The molecule has 1 unspecified atom stereocenters. The Morgan fingerprint density at radius 2 is 1.84 bits per heavy atom. The molecule has 0 amide bonds. The first-order chi connectivity index (χ1) is 9.14. The van der Waals surface area contributed by atoms with Gasteiger partial charge in [0.05, 0.1) is 0 Å². The summed E-state index contributed by atoms with van der Waals surface area (Å²) in [7, 11) is -2.50. The van der Waals surface area contributed by atoms with Crippen LogP contribution >= 0.6 is 11.8 Å². The molecule has 0 aromatic heterocycles. The van der Waals surface area contributed by atoms with Gasteiger partial charge in [0.2, 0.25) is 0 Å². The first-order valence-corrected chi connectivity index (χ1v) is 10.0. The molecule has 0 N–H and O–H groups in total. The van der Waals surface area contributed by atoms with E-state index in [2.05, 4.69) is 19.2 Å². The number of thioether (sulfide) groups is 1. The second kappa shape index (κ2) is 11.7. The van der Waals surface area contributed by atoms with Crippen molar-refractivity contribution in [3.63, 3.8) is 0 Å². The van der Waals surface area contributed by atoms with Gasteiger partial charge in [-0.25, -0.2) is 0 Å². The molecule has 0 fully saturated rings. The van der Waals surface area contributed by atoms with Crippen LogP contribution in [0.1, 0.15) is 47.0 Å². The molecule has 0 saturated heterocycles. The largest absolute Gasteiger partial charge is 0.501 e. The van der Waals surface area contributed by atoms with Gasteiger partial charge in [-0.05, 0) is 45.4 Å². The molecule has 0 heterocycles. The number of nitrogens with zero attached hydrogens (tertiary/aromatic N) is 1. The fourth-order valence-electron chi connectivity index (χ4n) is 1.91. The van der Waals surface area contributed by atoms with Gasteiger partial charge < -0.3 is 13.3 Å². The Labute approximate surface area is 123 Å². The Kier molecular flexibility index (Phi) is 11.7. The van der Waals surface area contributed by atoms with E-state index in [9.17, 15) is 0 Å². The normalized spacial score (nSPS) is 13.2. The van der Waals surface area contributed by atoms with E-state index >= 15 is 0 Å². The first-order valence-electron chi connectivity index (χ1n) is 7.10. The smallest absolute Gasteiger partial charge is 0.374 e. The molecule has 19 heavy (non-hydrogen) atoms. The van der Waals surface area contributed by atoms with E-state index in [-0.39, 0.29) is 6.10 Å². The van der Waals surface area contributed by atoms with Crippen LogP contribution in [0.3, 0.4) is 0 Å². The number of hydrogen-bond donors (Lipinski definition) is 0. The number of rotatable bonds is 12. The third-order valence-electron chi connectivity index (χ3n) is 2.59. The SMILES string of the molecule is CCC[Si](OCC)(OCC)OC(C)CCCSC#N. The fourth-order valence-corrected chi connectivity index (χ4v) is 5.16. The van der Waals surface area contributed by atoms with E-state index in [0.29, 0.717) is 13.2 Å². The summed E-state index contributed by atoms with van der Waals surface area (Å²) in [6, 6.07) is 0.867. The summed E-state index contributed by atoms with van der Waals surface area (Å²) in [5.74, 6) is 0.857. The van der Waals surface area contributed by atoms with E-state index < -0.39 is 8.80 Å². The van der Waals surface area contributed by atoms with Crippen molar-refractivity contribution < 1.29 is 13.3 Å². The maximum Gasteiger partial charge on any atom is 0.501 e. The molecule has 1 atom stereocenters. The molecule has 4 nitrogen and oxygen atoms in total. The molecule has 0 aliphatic rings. The lowest BCUT2D eigenvalue weighted by Gasteiger charge is -2.31. The van der Waals surface area contributed by atoms with Crippen LogP contribution in [0.5, 0.6) is 0 Å². The van der Waals surface area contributed by atoms with Crippen LogP contribution in [-0.4, -0.2) is 33.9 Å². The van der Waals surface area contributed by atoms with Crippen LogP contribution < -0.4 is 0 Å². The minimum Gasteiger partial charge on any atom is -0.374 e. The van der Waals surface area contributed by atoms with Crippen molar-refractivity contribution in [1.82, 2.24) is 0 Å². The summed E-state index contributed by atoms with van der Waals surface area (Å²) in [5.41, 5.74) is 0. The molecular formula is C13H27NO3SSi. The molecule has 0 aromatic rings. The maximum absolute atomic E-state index is 8.48. The Bertz CT molecular complexity index is 244. The van der Waals surface area contributed by atoms with E-state index in [1.54, 1.807) is 0 Å². The lowest BCUT2D eigenvalue weighted by atomic mass is 10.2. The van der Waals surface area contributed by atoms with E-state index in [1.807, 2.05) is 13.8 Å². The highest BCUT2D eigenvalue weighted by Crippen LogP contribution is 2.21. The number of hydrogen-bond acceptors (Lipinski definition) is 5. The molecular weight excluding hydrogens is 278 g/mol. The van der Waals surface area contributed by atoms with E-state index in [1.165, 1.54) is 11.8 Å². The molecule has 112 valence electrons. The summed E-state index contributed by atoms with van der Waals surface area (Å²) >= 11 is 1.30. The summed E-state index contributed by atoms with van der Waals surface area (Å²) in [5, 5.41) is 10.6. The topological polar surface area (TPSA) is 51.5 Å². The Morgan fingerprint density at radius 3 is 2.32 bits per heavy atom. The molecule has 6 heteroatoms. The summed E-state index contributed by atoms with van der Waals surface area (Å²) in [6.45, 7) is 9.40. The zero-order chi connectivity index (χ0) is 14.6. The van der Waals surface area contributed by atoms with Crippen molar-refractivity contribution in [2.24, 2.45) is 0 Å². The van der Waals surface area contributed by atoms with Crippen LogP contribution in [0.25, 0.3) is 0 Å². The fraction of sp³-hybridized carbons (Fsp3) is 0.923. The predicted molar refractivity (Wildman–Crippen MR) is 82.0 cm³/mol. The van der Waals surface area contributed by atoms with Crippen LogP contribution in [-0.2, 0) is 13.3 Å². The van der Waals surface area contributed by atoms with Gasteiger partial charge in [0.25, 0.3) is 0 Å². The predicted octanol–water partition coefficient (Wildman–Crippen LogP) is 3.81. The molecule has 0 rings (SSSR count). The third kappa shape index (κ3) is 8.66. The Hall–Kier alpha value is -0.0631. The van der Waals surface area contributed by atoms with Gasteiger partial charge in [-0.15, -0.1) is 0 Å². The molecule has 0 aromatic carbocycles. The highest BCUT2D eigenvalue weighted by atomic mass is 32.2. The Balaban J connectivity index is 4.31. The Morgan fingerprint density at radius 1 is 1.21 bits per heavy atom. The van der Waals surface area contributed by atoms with E-state index in [0.717, 1.165) is 31.1 Å². The van der Waals surface area contributed by atoms with Crippen LogP contribution in [0, 0.1) is 10.7 Å². The van der Waals surface area contributed by atoms with Gasteiger partial charge in [0.15, 0.2) is 0 Å². The average Bonchev–Trinajstić information content (AvgIpc) is 2.35. The molecule has 0 aliphatic heterocycles. The monoisotopic (exact) mass is 305 g/mol. The zero-order valence-electron chi connectivity index (χ0n) is 12.6. The van der Waals surface area contributed by atoms with Gasteiger partial charge >= 0.3 is 8.80 Å². The molecule has 0 aliphatic carbocycles. The lowest BCUT2D eigenvalue weighted by molar-refractivity contribution is 0.0354. The van der Waals surface area contributed by atoms with Crippen molar-refractivity contribution in [3.8, 4) is 5.40 Å². The van der Waals surface area contributed by atoms with E-state index in [4.69, 9.17) is 18.5 Å². The molecule has 0 spiro atoms. The first kappa shape index (κ1) is 18.9. The second-order valence-corrected chi connectivity index (χ2v) is 7.87. The van der Waals surface area contributed by atoms with Crippen molar-refractivity contribution in [1.29, 1.82) is 5.26 Å². The van der Waals surface area contributed by atoms with Crippen molar-refractivity contribution in [3.05, 3.63) is 0 Å². The average molecular weight is 306 g/mol. The van der Waals surface area contributed by atoms with Crippen molar-refractivity contribution in [2.75, 3.05) is 19.0 Å². The summed E-state index contributed by atoms with van der Waals surface area (Å²) < 4.78 is 17.8. The number of thiocyanates is 1. The molecule has 0 bridgehead atoms. The quantitative estimate of drug-likeness (QED) is 0.312. The highest BCUT2D eigenvalue weighted by molar-refractivity contribution is 8.03. The van der Waals surface area contributed by atoms with Gasteiger partial charge in [-0.1, -0.05) is 13.3 Å².